The smallest absolute Gasteiger partial charge is 0.305 e. The molecule has 0 spiro atoms. The molecule has 146 heavy (non-hydrogen) atoms. The Kier molecular flexibility index (Phi) is 46.4. The summed E-state index contributed by atoms with van der Waals surface area (Å²) in [5.74, 6) is -19.7. The van der Waals surface area contributed by atoms with Gasteiger partial charge in [0, 0.05) is 115 Å². The molecule has 0 radical (unpaired) electrons. The summed E-state index contributed by atoms with van der Waals surface area (Å²) in [5.41, 5.74) is 8.70. The molecular formula is C102H143N21O22S. The van der Waals surface area contributed by atoms with E-state index in [0.717, 1.165) is 90.3 Å². The maximum atomic E-state index is 15.6. The average Bonchev–Trinajstić information content (AvgIpc) is 0.923. The molecule has 794 valence electrons. The highest BCUT2D eigenvalue weighted by molar-refractivity contribution is 8.00. The lowest BCUT2D eigenvalue weighted by Crippen LogP contribution is -2.61. The van der Waals surface area contributed by atoms with E-state index in [2.05, 4.69) is 85.7 Å². The number of para-hydroxylation sites is 1. The average molecular weight is 2050 g/mol. The van der Waals surface area contributed by atoms with Gasteiger partial charge in [-0.15, -0.1) is 11.8 Å². The van der Waals surface area contributed by atoms with Crippen molar-refractivity contribution in [2.24, 2.45) is 11.7 Å². The number of aromatic amines is 2. The highest BCUT2D eigenvalue weighted by Crippen LogP contribution is 2.26. The summed E-state index contributed by atoms with van der Waals surface area (Å²) in [6, 6.07) is 6.12. The SMILES string of the molecule is CCCCCCCCCC(=O)NCCCC[C@H](NC(=O)[C@@H]1CSCC(=O)N[C@@H](Cc2c[nH]c3ccccc23)C(=O)N[C@@H]([C@@H](C)O)C(=O)N(C)CC(=O)N[C@@H](CC(=O)O)C(=O)N(C)[C@@H](Cc2ccccc2)C(=O)N(C)[C@@H](Cc2ccccc2)C(=O)N[C@@H](C)C(=O)N(C)[C@@H](C)C(=O)N[C@@H](Cc2cnc[nH]2)C(=O)N[C@@H](Cc2ccc(O)cc2)C(=O)N[C@@H](CC)C(=O)NC(C(C)C)C(=O)N2CCC[C@H]2C(=O)N[C@@H](C)C(=O)N1)C(N)=O. The van der Waals surface area contributed by atoms with Crippen molar-refractivity contribution < 1.29 is 106 Å². The number of hydrogen-bond donors (Lipinski definition) is 18. The number of nitrogens with one attached hydrogen (secondary N) is 14. The zero-order valence-corrected chi connectivity index (χ0v) is 85.7. The van der Waals surface area contributed by atoms with Crippen LogP contribution in [0.25, 0.3) is 10.9 Å². The number of rotatable bonds is 31. The number of amides is 18. The fourth-order valence-electron chi connectivity index (χ4n) is 17.1. The Labute approximate surface area is 853 Å². The van der Waals surface area contributed by atoms with Gasteiger partial charge >= 0.3 is 5.97 Å². The number of primary amides is 1. The Morgan fingerprint density at radius 2 is 1.10 bits per heavy atom. The summed E-state index contributed by atoms with van der Waals surface area (Å²) in [6.07, 6.45) is 8.38. The molecule has 2 aromatic heterocycles. The van der Waals surface area contributed by atoms with Crippen LogP contribution in [0.2, 0.25) is 0 Å². The Morgan fingerprint density at radius 3 is 1.72 bits per heavy atom. The molecular weight excluding hydrogens is 1900 g/mol. The molecule has 2 aliphatic heterocycles. The van der Waals surface area contributed by atoms with Crippen molar-refractivity contribution in [2.75, 3.05) is 59.3 Å². The Balaban J connectivity index is 1.13. The van der Waals surface area contributed by atoms with Crippen LogP contribution in [0.1, 0.15) is 180 Å². The molecule has 18 amide bonds. The van der Waals surface area contributed by atoms with E-state index in [9.17, 15) is 87.2 Å². The van der Waals surface area contributed by atoms with E-state index in [0.29, 0.717) is 51.7 Å². The zero-order chi connectivity index (χ0) is 107. The molecule has 0 bridgehead atoms. The standard InChI is InChI=1S/C102H143N21O22S/c1-13-15-16-17-18-19-26-40-82(126)105-45-30-29-38-73(88(103)131)113-95(138)78-56-146-57-84(128)110-75(50-67-53-106-72-37-28-27-36-70(67)72)94(137)118-87(63(8)124)101(144)119(9)55-83(127)111-77(52-85(129)130)99(142)122(12)81(49-65-34-24-21-25-35-65)100(143)121(11)80(48-64-32-22-20-23-33-64)97(140)109-61(6)98(141)120(10)62(7)90(133)114-76(51-68-54-104-58-107-68)93(136)115-74(47-66-41-43-69(125)44-42-66)92(135)112-71(14-2)91(134)117-86(59(3)4)102(145)123-46-31-39-79(123)96(139)108-60(5)89(132)116-78/h20-25,27-28,32-37,41-44,53-54,58-63,71,73-81,86-87,106,124-125H,13-19,26,29-31,38-40,45-52,55-57H2,1-12H3,(H2,103,131)(H,104,107)(H,105,126)(H,108,139)(H,109,140)(H,110,128)(H,111,127)(H,112,135)(H,113,138)(H,114,133)(H,115,136)(H,116,132)(H,117,134)(H,118,137)(H,129,130)/t60-,61-,62-,63+,71-,73-,74-,75-,76-,77-,78-,79-,80-,81-,86?,87-/m0/s1. The number of carbonyl (C=O) groups is 19. The van der Waals surface area contributed by atoms with E-state index >= 15 is 19.2 Å². The fourth-order valence-corrected chi connectivity index (χ4v) is 18.0. The van der Waals surface area contributed by atoms with Crippen LogP contribution in [-0.2, 0) is 123 Å². The van der Waals surface area contributed by atoms with Gasteiger partial charge in [-0.25, -0.2) is 4.98 Å². The molecule has 43 nitrogen and oxygen atoms in total. The number of aliphatic hydroxyl groups excluding tert-OH is 1. The van der Waals surface area contributed by atoms with Crippen LogP contribution in [0, 0.1) is 5.92 Å². The number of H-pyrrole nitrogens is 2. The van der Waals surface area contributed by atoms with Gasteiger partial charge in [0.2, 0.25) is 106 Å². The second kappa shape index (κ2) is 58.0. The number of aromatic nitrogens is 3. The molecule has 4 heterocycles. The van der Waals surface area contributed by atoms with Crippen LogP contribution in [0.4, 0.5) is 0 Å². The van der Waals surface area contributed by atoms with Crippen LogP contribution in [-0.4, -0.2) is 323 Å². The normalized spacial score (nSPS) is 23.5. The number of benzene rings is 4. The number of nitrogens with two attached hydrogens (primary N) is 1. The van der Waals surface area contributed by atoms with Gasteiger partial charge in [-0.1, -0.05) is 157 Å². The first-order valence-electron chi connectivity index (χ1n) is 49.6. The third kappa shape index (κ3) is 35.6. The molecule has 2 aliphatic rings. The van der Waals surface area contributed by atoms with E-state index in [4.69, 9.17) is 5.73 Å². The minimum atomic E-state index is -1.99. The van der Waals surface area contributed by atoms with Crippen molar-refractivity contribution >= 4 is 135 Å². The Bertz CT molecular complexity index is 5460. The summed E-state index contributed by atoms with van der Waals surface area (Å²) in [6.45, 7) is 11.3. The quantitative estimate of drug-likeness (QED) is 0.0270. The van der Waals surface area contributed by atoms with E-state index in [1.165, 1.54) is 83.6 Å². The van der Waals surface area contributed by atoms with E-state index in [1.807, 2.05) is 0 Å². The summed E-state index contributed by atoms with van der Waals surface area (Å²) in [7, 11) is 4.81. The molecule has 0 saturated carbocycles. The van der Waals surface area contributed by atoms with Crippen LogP contribution >= 0.6 is 11.8 Å². The van der Waals surface area contributed by atoms with E-state index in [-0.39, 0.29) is 89.0 Å². The molecule has 1 unspecified atom stereocenters. The zero-order valence-electron chi connectivity index (χ0n) is 84.9. The number of unbranched alkanes of at least 4 members (excludes halogenated alkanes) is 7. The number of hydrogen-bond acceptors (Lipinski definition) is 23. The molecule has 16 atom stereocenters. The summed E-state index contributed by atoms with van der Waals surface area (Å²) < 4.78 is 0. The van der Waals surface area contributed by atoms with Crippen molar-refractivity contribution in [3.05, 3.63) is 156 Å². The van der Waals surface area contributed by atoms with Crippen LogP contribution in [0.3, 0.4) is 0 Å². The number of phenolic OH excluding ortho intramolecular Hbond substituents is 1. The number of carboxylic acids is 1. The van der Waals surface area contributed by atoms with Gasteiger partial charge in [-0.05, 0) is 119 Å². The molecule has 0 aliphatic carbocycles. The number of carbonyl (C=O) groups excluding carboxylic acids is 18. The highest BCUT2D eigenvalue weighted by atomic mass is 32.2. The van der Waals surface area contributed by atoms with E-state index in [1.54, 1.807) is 112 Å². The second-order valence-electron chi connectivity index (χ2n) is 37.6. The van der Waals surface area contributed by atoms with Gasteiger partial charge < -0.3 is 119 Å². The minimum Gasteiger partial charge on any atom is -0.508 e. The Hall–Kier alpha value is -14.3. The van der Waals surface area contributed by atoms with Crippen LogP contribution < -0.4 is 69.5 Å². The van der Waals surface area contributed by atoms with Crippen molar-refractivity contribution in [3.63, 3.8) is 0 Å². The van der Waals surface area contributed by atoms with Crippen LogP contribution in [0.5, 0.6) is 5.75 Å². The van der Waals surface area contributed by atoms with Crippen molar-refractivity contribution in [3.8, 4) is 5.75 Å². The first kappa shape index (κ1) is 117. The van der Waals surface area contributed by atoms with Crippen molar-refractivity contribution in [2.45, 2.75) is 281 Å². The lowest BCUT2D eigenvalue weighted by molar-refractivity contribution is -0.150. The molecule has 44 heteroatoms. The number of imidazole rings is 1. The molecule has 2 fully saturated rings. The minimum absolute atomic E-state index is 0.00443. The highest BCUT2D eigenvalue weighted by Gasteiger charge is 2.45. The number of fused-ring (bicyclic) bond motifs is 2. The molecule has 6 aromatic rings. The van der Waals surface area contributed by atoms with Gasteiger partial charge in [0.05, 0.1) is 31.1 Å². The monoisotopic (exact) mass is 2050 g/mol. The second-order valence-corrected chi connectivity index (χ2v) is 38.7. The first-order chi connectivity index (χ1) is 69.5. The number of likely N-dealkylation sites (N-methyl/N-ethyl adjacent to an activating group) is 4. The van der Waals surface area contributed by atoms with Gasteiger partial charge in [0.1, 0.15) is 96.4 Å². The van der Waals surface area contributed by atoms with Gasteiger partial charge in [0.25, 0.3) is 0 Å². The van der Waals surface area contributed by atoms with Crippen LogP contribution in [0.15, 0.2) is 128 Å². The van der Waals surface area contributed by atoms with Gasteiger partial charge in [-0.2, -0.15) is 0 Å². The van der Waals surface area contributed by atoms with Gasteiger partial charge in [-0.3, -0.25) is 91.1 Å². The molecule has 19 N–H and O–H groups in total. The van der Waals surface area contributed by atoms with Gasteiger partial charge in [0.15, 0.2) is 0 Å². The first-order valence-corrected chi connectivity index (χ1v) is 50.7. The topological polar surface area (TPSA) is 616 Å². The maximum Gasteiger partial charge on any atom is 0.305 e. The number of aliphatic carboxylic acids is 1. The third-order valence-electron chi connectivity index (χ3n) is 25.9. The number of thioether (sulfide) groups is 1. The predicted octanol–water partition coefficient (Wildman–Crippen LogP) is 1.01. The fraction of sp³-hybridized carbons (Fsp3) is 0.529. The number of carboxylic acid groups (broad SMARTS) is 1. The predicted molar refractivity (Wildman–Crippen MR) is 542 cm³/mol. The molecule has 4 aromatic carbocycles. The number of phenols is 1. The van der Waals surface area contributed by atoms with Crippen molar-refractivity contribution in [1.29, 1.82) is 0 Å². The molecule has 8 rings (SSSR count). The van der Waals surface area contributed by atoms with Crippen molar-refractivity contribution in [1.82, 2.24) is 103 Å². The molecule has 2 saturated heterocycles. The summed E-state index contributed by atoms with van der Waals surface area (Å²) in [5, 5.41) is 64.5. The van der Waals surface area contributed by atoms with E-state index < -0.39 is 234 Å². The largest absolute Gasteiger partial charge is 0.508 e. The summed E-state index contributed by atoms with van der Waals surface area (Å²) in [4.78, 5) is 291. The Morgan fingerprint density at radius 1 is 0.527 bits per heavy atom. The summed E-state index contributed by atoms with van der Waals surface area (Å²) >= 11 is 0.766. The lowest BCUT2D eigenvalue weighted by Gasteiger charge is -2.36. The number of nitrogens with zero attached hydrogens (tertiary/aromatic N) is 6. The lowest BCUT2D eigenvalue weighted by atomic mass is 9.99. The maximum absolute atomic E-state index is 15.6. The third-order valence-corrected chi connectivity index (χ3v) is 26.9. The number of aromatic hydroxyl groups is 1. The number of aliphatic hydroxyl groups is 1.